The zero-order valence-electron chi connectivity index (χ0n) is 28.0. The van der Waals surface area contributed by atoms with Crippen molar-refractivity contribution in [1.82, 2.24) is 0 Å². The van der Waals surface area contributed by atoms with Gasteiger partial charge >= 0.3 is 0 Å². The van der Waals surface area contributed by atoms with E-state index in [0.29, 0.717) is 0 Å². The molecule has 0 saturated heterocycles. The summed E-state index contributed by atoms with van der Waals surface area (Å²) in [7, 11) is 0. The van der Waals surface area contributed by atoms with E-state index < -0.39 is 9.85 Å². The molecule has 51 heavy (non-hydrogen) atoms. The molecule has 8 nitrogen and oxygen atoms in total. The Hall–Kier alpha value is -6.80. The lowest BCUT2D eigenvalue weighted by Crippen LogP contribution is -2.18. The molecule has 6 rings (SSSR count). The topological polar surface area (TPSA) is 105 Å². The van der Waals surface area contributed by atoms with E-state index in [4.69, 9.17) is 9.47 Å². The van der Waals surface area contributed by atoms with E-state index in [1.165, 1.54) is 24.3 Å². The summed E-state index contributed by atoms with van der Waals surface area (Å²) in [5.74, 6) is 2.91. The zero-order chi connectivity index (χ0) is 35.8. The second-order valence-corrected chi connectivity index (χ2v) is 12.4. The normalized spacial score (nSPS) is 11.5. The zero-order valence-corrected chi connectivity index (χ0v) is 28.0. The number of nitro benzene ring substituents is 2. The molecule has 252 valence electrons. The van der Waals surface area contributed by atoms with Gasteiger partial charge in [-0.05, 0) is 106 Å². The van der Waals surface area contributed by atoms with Crippen molar-refractivity contribution in [3.63, 3.8) is 0 Å². The molecule has 0 atom stereocenters. The lowest BCUT2D eigenvalue weighted by atomic mass is 9.78. The minimum atomic E-state index is -0.408. The minimum Gasteiger partial charge on any atom is -0.457 e. The summed E-state index contributed by atoms with van der Waals surface area (Å²) in [5.41, 5.74) is 5.90. The molecule has 6 aromatic carbocycles. The summed E-state index contributed by atoms with van der Waals surface area (Å²) in [6.45, 7) is 4.37. The summed E-state index contributed by atoms with van der Waals surface area (Å²) < 4.78 is 12.2. The van der Waals surface area contributed by atoms with Crippen molar-refractivity contribution >= 4 is 35.7 Å². The van der Waals surface area contributed by atoms with Gasteiger partial charge in [-0.2, -0.15) is 0 Å². The molecule has 0 aromatic heterocycles. The quantitative estimate of drug-likeness (QED) is 0.0727. The molecule has 0 amide bonds. The van der Waals surface area contributed by atoms with Gasteiger partial charge in [0.05, 0.1) is 9.85 Å². The molecule has 8 heteroatoms. The Kier molecular flexibility index (Phi) is 10.1. The molecular weight excluding hydrogens is 640 g/mol. The maximum atomic E-state index is 10.9. The van der Waals surface area contributed by atoms with Gasteiger partial charge in [-0.3, -0.25) is 20.2 Å². The minimum absolute atomic E-state index is 0.0699. The van der Waals surface area contributed by atoms with Gasteiger partial charge in [0.15, 0.2) is 0 Å². The van der Waals surface area contributed by atoms with Crippen LogP contribution in [0.25, 0.3) is 24.3 Å². The van der Waals surface area contributed by atoms with Crippen LogP contribution < -0.4 is 9.47 Å². The lowest BCUT2D eigenvalue weighted by molar-refractivity contribution is -0.385. The van der Waals surface area contributed by atoms with E-state index in [2.05, 4.69) is 38.1 Å². The van der Waals surface area contributed by atoms with Gasteiger partial charge in [0.2, 0.25) is 0 Å². The number of benzene rings is 6. The van der Waals surface area contributed by atoms with Crippen LogP contribution in [0.5, 0.6) is 23.0 Å². The molecule has 0 unspecified atom stereocenters. The van der Waals surface area contributed by atoms with Crippen molar-refractivity contribution in [2.24, 2.45) is 0 Å². The summed E-state index contributed by atoms with van der Waals surface area (Å²) in [6, 6.07) is 44.6. The van der Waals surface area contributed by atoms with E-state index >= 15 is 0 Å². The van der Waals surface area contributed by atoms with E-state index in [0.717, 1.165) is 56.4 Å². The van der Waals surface area contributed by atoms with Crippen LogP contribution in [-0.4, -0.2) is 9.85 Å². The van der Waals surface area contributed by atoms with E-state index in [9.17, 15) is 20.2 Å². The van der Waals surface area contributed by atoms with Gasteiger partial charge in [0, 0.05) is 29.7 Å². The first-order chi connectivity index (χ1) is 24.6. The predicted molar refractivity (Wildman–Crippen MR) is 202 cm³/mol. The molecule has 0 heterocycles. The molecule has 0 aliphatic heterocycles. The number of hydrogen-bond donors (Lipinski definition) is 0. The van der Waals surface area contributed by atoms with Crippen molar-refractivity contribution in [2.45, 2.75) is 19.3 Å². The van der Waals surface area contributed by atoms with Crippen LogP contribution in [0.1, 0.15) is 47.2 Å². The highest BCUT2D eigenvalue weighted by molar-refractivity contribution is 5.71. The SMILES string of the molecule is CC(C)(c1ccc(Oc2ccc(/C=C/c3ccc([N+](=O)[O-])cc3)cc2)cc1)c1ccc(Oc2ccc(/C=C/c3ccc([N+](=O)[O-])cc3)cc2)cc1. The number of nitro groups is 2. The van der Waals surface area contributed by atoms with E-state index in [1.54, 1.807) is 24.3 Å². The lowest BCUT2D eigenvalue weighted by Gasteiger charge is -2.26. The number of ether oxygens (including phenoxy) is 2. The van der Waals surface area contributed by atoms with Crippen molar-refractivity contribution in [2.75, 3.05) is 0 Å². The fraction of sp³-hybridized carbons (Fsp3) is 0.0698. The highest BCUT2D eigenvalue weighted by atomic mass is 16.6. The van der Waals surface area contributed by atoms with Crippen LogP contribution in [0.3, 0.4) is 0 Å². The Labute approximate surface area is 295 Å². The number of nitrogens with zero attached hydrogens (tertiary/aromatic N) is 2. The third kappa shape index (κ3) is 8.82. The van der Waals surface area contributed by atoms with Crippen molar-refractivity contribution in [3.8, 4) is 23.0 Å². The average molecular weight is 675 g/mol. The fourth-order valence-electron chi connectivity index (χ4n) is 5.41. The average Bonchev–Trinajstić information content (AvgIpc) is 3.15. The molecule has 0 radical (unpaired) electrons. The van der Waals surface area contributed by atoms with Gasteiger partial charge in [-0.1, -0.05) is 86.7 Å². The van der Waals surface area contributed by atoms with Crippen molar-refractivity contribution in [3.05, 3.63) is 199 Å². The van der Waals surface area contributed by atoms with Gasteiger partial charge in [0.1, 0.15) is 23.0 Å². The molecule has 0 aliphatic rings. The van der Waals surface area contributed by atoms with Crippen LogP contribution in [0.2, 0.25) is 0 Å². The Bertz CT molecular complexity index is 2010. The molecule has 0 spiro atoms. The third-order valence-corrected chi connectivity index (χ3v) is 8.53. The first-order valence-corrected chi connectivity index (χ1v) is 16.2. The highest BCUT2D eigenvalue weighted by Gasteiger charge is 2.23. The maximum Gasteiger partial charge on any atom is 0.269 e. The number of rotatable bonds is 12. The molecule has 6 aromatic rings. The maximum absolute atomic E-state index is 10.9. The predicted octanol–water partition coefficient (Wildman–Crippen LogP) is 11.8. The van der Waals surface area contributed by atoms with E-state index in [-0.39, 0.29) is 16.8 Å². The van der Waals surface area contributed by atoms with Gasteiger partial charge in [-0.25, -0.2) is 0 Å². The summed E-state index contributed by atoms with van der Waals surface area (Å²) >= 11 is 0. The Morgan fingerprint density at radius 3 is 0.902 bits per heavy atom. The Morgan fingerprint density at radius 1 is 0.412 bits per heavy atom. The largest absolute Gasteiger partial charge is 0.457 e. The summed E-state index contributed by atoms with van der Waals surface area (Å²) in [5, 5.41) is 21.7. The van der Waals surface area contributed by atoms with Crippen molar-refractivity contribution < 1.29 is 19.3 Å². The van der Waals surface area contributed by atoms with Crippen LogP contribution in [0, 0.1) is 20.2 Å². The van der Waals surface area contributed by atoms with Gasteiger partial charge < -0.3 is 9.47 Å². The Balaban J connectivity index is 1.02. The van der Waals surface area contributed by atoms with Crippen LogP contribution in [0.15, 0.2) is 146 Å². The van der Waals surface area contributed by atoms with Crippen LogP contribution >= 0.6 is 0 Å². The third-order valence-electron chi connectivity index (χ3n) is 8.53. The van der Waals surface area contributed by atoms with E-state index in [1.807, 2.05) is 97.1 Å². The first kappa shape index (κ1) is 34.1. The molecule has 0 bridgehead atoms. The number of non-ortho nitro benzene ring substituents is 2. The molecular formula is C43H34N2O6. The second kappa shape index (κ2) is 15.2. The summed E-state index contributed by atoms with van der Waals surface area (Å²) in [4.78, 5) is 20.9. The van der Waals surface area contributed by atoms with Gasteiger partial charge in [-0.15, -0.1) is 0 Å². The number of hydrogen-bond acceptors (Lipinski definition) is 6. The summed E-state index contributed by atoms with van der Waals surface area (Å²) in [6.07, 6.45) is 7.72. The molecule has 0 N–H and O–H groups in total. The first-order valence-electron chi connectivity index (χ1n) is 16.2. The van der Waals surface area contributed by atoms with Crippen LogP contribution in [-0.2, 0) is 5.41 Å². The smallest absolute Gasteiger partial charge is 0.269 e. The second-order valence-electron chi connectivity index (χ2n) is 12.4. The van der Waals surface area contributed by atoms with Crippen LogP contribution in [0.4, 0.5) is 11.4 Å². The highest BCUT2D eigenvalue weighted by Crippen LogP contribution is 2.35. The fourth-order valence-corrected chi connectivity index (χ4v) is 5.41. The molecule has 0 fully saturated rings. The standard InChI is InChI=1S/C43H34N2O6/c1-43(2,35-15-27-41(28-16-35)50-39-23-11-33(12-24-39)5-3-31-7-19-37(20-8-31)44(46)47)36-17-29-42(30-18-36)51-40-25-13-34(14-26-40)6-4-32-9-21-38(22-10-32)45(48)49/h3-30H,1-2H3/b5-3+,6-4+. The molecule has 0 saturated carbocycles. The monoisotopic (exact) mass is 674 g/mol. The van der Waals surface area contributed by atoms with Crippen molar-refractivity contribution in [1.29, 1.82) is 0 Å². The Morgan fingerprint density at radius 2 is 0.647 bits per heavy atom. The molecule has 0 aliphatic carbocycles. The van der Waals surface area contributed by atoms with Gasteiger partial charge in [0.25, 0.3) is 11.4 Å².